The number of imidazole rings is 1. The van der Waals surface area contributed by atoms with Gasteiger partial charge < -0.3 is 4.57 Å². The number of fused-ring (bicyclic) bond motifs is 10. The molecule has 0 saturated heterocycles. The quantitative estimate of drug-likeness (QED) is 0.158. The third-order valence-electron chi connectivity index (χ3n) is 11.6. The molecule has 60 heavy (non-hydrogen) atoms. The molecule has 4 heterocycles. The van der Waals surface area contributed by atoms with Crippen LogP contribution in [0.5, 0.6) is 0 Å². The first-order valence-corrected chi connectivity index (χ1v) is 20.2. The lowest BCUT2D eigenvalue weighted by atomic mass is 9.98. The first-order chi connectivity index (χ1) is 29.8. The van der Waals surface area contributed by atoms with E-state index in [0.29, 0.717) is 17.5 Å². The summed E-state index contributed by atoms with van der Waals surface area (Å²) in [4.78, 5) is 20.5. The minimum atomic E-state index is 0.612. The average Bonchev–Trinajstić information content (AvgIpc) is 3.90. The van der Waals surface area contributed by atoms with E-state index in [0.717, 1.165) is 61.6 Å². The Morgan fingerprint density at radius 1 is 0.300 bits per heavy atom. The summed E-state index contributed by atoms with van der Waals surface area (Å²) in [7, 11) is 0. The molecule has 0 aliphatic heterocycles. The Kier molecular flexibility index (Phi) is 7.74. The highest BCUT2D eigenvalue weighted by Gasteiger charge is 2.24. The summed E-state index contributed by atoms with van der Waals surface area (Å²) in [6.07, 6.45) is 0. The number of hydrogen-bond acceptors (Lipinski definition) is 4. The van der Waals surface area contributed by atoms with Gasteiger partial charge in [0.05, 0.1) is 27.8 Å². The molecule has 0 unspecified atom stereocenters. The molecule has 0 radical (unpaired) electrons. The second-order valence-electron chi connectivity index (χ2n) is 15.0. The molecule has 4 aromatic heterocycles. The minimum absolute atomic E-state index is 0.612. The summed E-state index contributed by atoms with van der Waals surface area (Å²) >= 11 is 0. The Labute approximate surface area is 345 Å². The maximum absolute atomic E-state index is 5.61. The molecule has 0 aliphatic carbocycles. The summed E-state index contributed by atoms with van der Waals surface area (Å²) in [6, 6.07) is 72.0. The van der Waals surface area contributed by atoms with Crippen molar-refractivity contribution in [2.75, 3.05) is 0 Å². The molecule has 0 fully saturated rings. The third kappa shape index (κ3) is 5.35. The lowest BCUT2D eigenvalue weighted by Gasteiger charge is -2.14. The van der Waals surface area contributed by atoms with Crippen LogP contribution in [0, 0.1) is 0 Å². The monoisotopic (exact) mass is 766 g/mol. The van der Waals surface area contributed by atoms with Crippen molar-refractivity contribution in [3.8, 4) is 62.5 Å². The van der Waals surface area contributed by atoms with Crippen LogP contribution in [0.25, 0.3) is 111 Å². The summed E-state index contributed by atoms with van der Waals surface area (Å²) in [5.74, 6) is 2.74. The molecule has 8 aromatic carbocycles. The van der Waals surface area contributed by atoms with Crippen molar-refractivity contribution in [1.29, 1.82) is 0 Å². The van der Waals surface area contributed by atoms with Crippen LogP contribution in [0.3, 0.4) is 0 Å². The zero-order valence-electron chi connectivity index (χ0n) is 32.3. The standard InChI is InChI=1S/C54H34N6/c1-5-17-35(18-6-1)49-50-48-42(33-34-46-47(48)43-26-14-16-28-45(43)59(46)40-23-11-4-12-24-40)41-25-13-15-27-44(41)60(50)54(55-49)39-31-29-38(30-32-39)53-57-51(36-19-7-2-8-20-36)56-52(58-53)37-21-9-3-10-22-37/h1-34H. The Morgan fingerprint density at radius 3 is 1.40 bits per heavy atom. The summed E-state index contributed by atoms with van der Waals surface area (Å²) in [5.41, 5.74) is 11.4. The van der Waals surface area contributed by atoms with Crippen molar-refractivity contribution >= 4 is 49.0 Å². The summed E-state index contributed by atoms with van der Waals surface area (Å²) < 4.78 is 4.77. The normalized spacial score (nSPS) is 11.7. The molecular weight excluding hydrogens is 733 g/mol. The maximum atomic E-state index is 5.61. The third-order valence-corrected chi connectivity index (χ3v) is 11.6. The number of para-hydroxylation sites is 3. The first-order valence-electron chi connectivity index (χ1n) is 20.2. The van der Waals surface area contributed by atoms with E-state index in [2.05, 4.69) is 155 Å². The lowest BCUT2D eigenvalue weighted by molar-refractivity contribution is 1.07. The predicted molar refractivity (Wildman–Crippen MR) is 245 cm³/mol. The molecular formula is C54H34N6. The molecule has 0 saturated carbocycles. The van der Waals surface area contributed by atoms with E-state index in [-0.39, 0.29) is 0 Å². The predicted octanol–water partition coefficient (Wildman–Crippen LogP) is 13.3. The van der Waals surface area contributed by atoms with Crippen molar-refractivity contribution < 1.29 is 0 Å². The second kappa shape index (κ2) is 13.7. The molecule has 0 atom stereocenters. The van der Waals surface area contributed by atoms with Crippen molar-refractivity contribution in [1.82, 2.24) is 28.9 Å². The Balaban J connectivity index is 1.13. The van der Waals surface area contributed by atoms with Crippen LogP contribution in [0.4, 0.5) is 0 Å². The van der Waals surface area contributed by atoms with Crippen molar-refractivity contribution in [2.45, 2.75) is 0 Å². The van der Waals surface area contributed by atoms with Crippen LogP contribution in [0.15, 0.2) is 206 Å². The molecule has 6 heteroatoms. The van der Waals surface area contributed by atoms with Gasteiger partial charge in [0.15, 0.2) is 17.5 Å². The van der Waals surface area contributed by atoms with Gasteiger partial charge >= 0.3 is 0 Å². The van der Waals surface area contributed by atoms with Gasteiger partial charge in [-0.1, -0.05) is 176 Å². The van der Waals surface area contributed by atoms with E-state index in [1.165, 1.54) is 32.4 Å². The molecule has 0 aliphatic rings. The van der Waals surface area contributed by atoms with Crippen LogP contribution < -0.4 is 0 Å². The molecule has 0 bridgehead atoms. The second-order valence-corrected chi connectivity index (χ2v) is 15.0. The zero-order valence-corrected chi connectivity index (χ0v) is 32.3. The van der Waals surface area contributed by atoms with Crippen LogP contribution in [0.2, 0.25) is 0 Å². The highest BCUT2D eigenvalue weighted by Crippen LogP contribution is 2.45. The van der Waals surface area contributed by atoms with Gasteiger partial charge in [-0.25, -0.2) is 19.9 Å². The highest BCUT2D eigenvalue weighted by molar-refractivity contribution is 6.31. The van der Waals surface area contributed by atoms with Gasteiger partial charge in [0.2, 0.25) is 0 Å². The number of aromatic nitrogens is 6. The van der Waals surface area contributed by atoms with Gasteiger partial charge in [0, 0.05) is 55.0 Å². The largest absolute Gasteiger partial charge is 0.309 e. The topological polar surface area (TPSA) is 60.9 Å². The molecule has 6 nitrogen and oxygen atoms in total. The Bertz CT molecular complexity index is 3500. The van der Waals surface area contributed by atoms with Crippen molar-refractivity contribution in [3.63, 3.8) is 0 Å². The zero-order chi connectivity index (χ0) is 39.6. The number of hydrogen-bond donors (Lipinski definition) is 0. The number of pyridine rings is 1. The molecule has 0 spiro atoms. The SMILES string of the molecule is c1ccc(-c2nc(-c3ccccc3)nc(-c3ccc(-c4nc(-c5ccccc5)c5c6c(ccc7c6c6ccccc6n7-c6ccccc6)c6ccccc6n45)cc3)n2)cc1. The Morgan fingerprint density at radius 2 is 0.783 bits per heavy atom. The number of rotatable bonds is 6. The van der Waals surface area contributed by atoms with Crippen LogP contribution in [-0.2, 0) is 0 Å². The molecule has 280 valence electrons. The van der Waals surface area contributed by atoms with E-state index in [9.17, 15) is 0 Å². The van der Waals surface area contributed by atoms with E-state index >= 15 is 0 Å². The minimum Gasteiger partial charge on any atom is -0.309 e. The highest BCUT2D eigenvalue weighted by atomic mass is 15.1. The maximum Gasteiger partial charge on any atom is 0.164 e. The lowest BCUT2D eigenvalue weighted by Crippen LogP contribution is -2.00. The summed E-state index contributed by atoms with van der Waals surface area (Å²) in [6.45, 7) is 0. The van der Waals surface area contributed by atoms with Gasteiger partial charge in [-0.05, 0) is 35.7 Å². The van der Waals surface area contributed by atoms with Gasteiger partial charge in [-0.3, -0.25) is 4.40 Å². The fourth-order valence-corrected chi connectivity index (χ4v) is 8.86. The van der Waals surface area contributed by atoms with Crippen LogP contribution in [0.1, 0.15) is 0 Å². The van der Waals surface area contributed by atoms with Gasteiger partial charge in [0.1, 0.15) is 5.82 Å². The molecule has 12 aromatic rings. The van der Waals surface area contributed by atoms with Crippen LogP contribution in [-0.4, -0.2) is 28.9 Å². The number of benzene rings is 8. The van der Waals surface area contributed by atoms with Crippen LogP contribution >= 0.6 is 0 Å². The molecule has 0 amide bonds. The fraction of sp³-hybridized carbons (Fsp3) is 0. The molecule has 12 rings (SSSR count). The van der Waals surface area contributed by atoms with Crippen molar-refractivity contribution in [2.24, 2.45) is 0 Å². The van der Waals surface area contributed by atoms with E-state index in [1.807, 2.05) is 60.7 Å². The van der Waals surface area contributed by atoms with E-state index in [4.69, 9.17) is 19.9 Å². The van der Waals surface area contributed by atoms with Gasteiger partial charge in [-0.15, -0.1) is 0 Å². The first kappa shape index (κ1) is 33.9. The smallest absolute Gasteiger partial charge is 0.164 e. The van der Waals surface area contributed by atoms with Gasteiger partial charge in [0.25, 0.3) is 0 Å². The average molecular weight is 767 g/mol. The van der Waals surface area contributed by atoms with E-state index < -0.39 is 0 Å². The molecule has 0 N–H and O–H groups in total. The van der Waals surface area contributed by atoms with Gasteiger partial charge in [-0.2, -0.15) is 0 Å². The number of nitrogens with zero attached hydrogens (tertiary/aromatic N) is 6. The summed E-state index contributed by atoms with van der Waals surface area (Å²) in [5, 5.41) is 5.95. The Hall–Kier alpha value is -8.22. The fourth-order valence-electron chi connectivity index (χ4n) is 8.86. The van der Waals surface area contributed by atoms with E-state index in [1.54, 1.807) is 0 Å². The van der Waals surface area contributed by atoms with Crippen molar-refractivity contribution in [3.05, 3.63) is 206 Å².